The maximum Gasteiger partial charge on any atom is 0.247 e. The van der Waals surface area contributed by atoms with Gasteiger partial charge in [0.05, 0.1) is 13.5 Å². The molecular formula is C28H32N2O3S. The van der Waals surface area contributed by atoms with E-state index in [1.165, 1.54) is 0 Å². The average Bonchev–Trinajstić information content (AvgIpc) is 3.57. The largest absolute Gasteiger partial charge is 0.497 e. The van der Waals surface area contributed by atoms with Crippen molar-refractivity contribution in [3.05, 3.63) is 88.1 Å². The van der Waals surface area contributed by atoms with Crippen LogP contribution in [0.4, 0.5) is 0 Å². The Bertz CT molecular complexity index is 1050. The highest BCUT2D eigenvalue weighted by Gasteiger charge is 2.33. The fourth-order valence-corrected chi connectivity index (χ4v) is 5.26. The van der Waals surface area contributed by atoms with Gasteiger partial charge in [0.1, 0.15) is 11.8 Å². The van der Waals surface area contributed by atoms with Crippen LogP contribution in [0.3, 0.4) is 0 Å². The van der Waals surface area contributed by atoms with Gasteiger partial charge >= 0.3 is 0 Å². The van der Waals surface area contributed by atoms with Crippen LogP contribution in [0.2, 0.25) is 0 Å². The van der Waals surface area contributed by atoms with Gasteiger partial charge in [-0.05, 0) is 54.0 Å². The third kappa shape index (κ3) is 6.26. The number of amides is 2. The van der Waals surface area contributed by atoms with Crippen LogP contribution in [-0.4, -0.2) is 36.4 Å². The number of hydrogen-bond donors (Lipinski definition) is 1. The molecule has 0 radical (unpaired) electrons. The van der Waals surface area contributed by atoms with Crippen molar-refractivity contribution in [1.82, 2.24) is 10.2 Å². The van der Waals surface area contributed by atoms with E-state index in [4.69, 9.17) is 4.74 Å². The van der Waals surface area contributed by atoms with E-state index in [2.05, 4.69) is 17.4 Å². The highest BCUT2D eigenvalue weighted by Crippen LogP contribution is 2.27. The zero-order chi connectivity index (χ0) is 23.8. The van der Waals surface area contributed by atoms with Crippen molar-refractivity contribution < 1.29 is 14.3 Å². The van der Waals surface area contributed by atoms with E-state index in [1.807, 2.05) is 60.0 Å². The molecule has 0 unspecified atom stereocenters. The van der Waals surface area contributed by atoms with Crippen LogP contribution in [-0.2, 0) is 22.4 Å². The molecule has 0 spiro atoms. The summed E-state index contributed by atoms with van der Waals surface area (Å²) in [5, 5.41) is 5.21. The Hall–Kier alpha value is -3.12. The summed E-state index contributed by atoms with van der Waals surface area (Å²) in [7, 11) is 1.62. The molecular weight excluding hydrogens is 444 g/mol. The summed E-state index contributed by atoms with van der Waals surface area (Å²) in [5.74, 6) is 0.574. The van der Waals surface area contributed by atoms with Crippen molar-refractivity contribution in [1.29, 1.82) is 0 Å². The first kappa shape index (κ1) is 24.0. The Kier molecular flexibility index (Phi) is 8.36. The van der Waals surface area contributed by atoms with Gasteiger partial charge in [0.15, 0.2) is 0 Å². The quantitative estimate of drug-likeness (QED) is 0.439. The Morgan fingerprint density at radius 1 is 1.03 bits per heavy atom. The second-order valence-electron chi connectivity index (χ2n) is 8.74. The van der Waals surface area contributed by atoms with Gasteiger partial charge in [0, 0.05) is 17.5 Å². The summed E-state index contributed by atoms with van der Waals surface area (Å²) in [6.45, 7) is 0.461. The summed E-state index contributed by atoms with van der Waals surface area (Å²) in [5.41, 5.74) is 1.94. The zero-order valence-electron chi connectivity index (χ0n) is 19.6. The molecule has 5 nitrogen and oxygen atoms in total. The van der Waals surface area contributed by atoms with E-state index in [-0.39, 0.29) is 24.3 Å². The molecule has 178 valence electrons. The summed E-state index contributed by atoms with van der Waals surface area (Å²) in [6.07, 6.45) is 5.22. The molecule has 0 saturated heterocycles. The highest BCUT2D eigenvalue weighted by atomic mass is 32.1. The number of nitrogens with zero attached hydrogens (tertiary/aromatic N) is 1. The average molecular weight is 477 g/mol. The lowest BCUT2D eigenvalue weighted by Gasteiger charge is -2.32. The molecule has 1 aromatic heterocycles. The van der Waals surface area contributed by atoms with Gasteiger partial charge in [0.2, 0.25) is 11.8 Å². The number of benzene rings is 2. The minimum Gasteiger partial charge on any atom is -0.497 e. The topological polar surface area (TPSA) is 58.6 Å². The maximum atomic E-state index is 13.7. The van der Waals surface area contributed by atoms with Crippen molar-refractivity contribution in [2.75, 3.05) is 13.7 Å². The van der Waals surface area contributed by atoms with E-state index >= 15 is 0 Å². The Labute approximate surface area is 205 Å². The zero-order valence-corrected chi connectivity index (χ0v) is 20.4. The van der Waals surface area contributed by atoms with Crippen LogP contribution in [0.15, 0.2) is 72.1 Å². The molecule has 1 saturated carbocycles. The molecule has 1 heterocycles. The fourth-order valence-electron chi connectivity index (χ4n) is 4.57. The lowest BCUT2D eigenvalue weighted by molar-refractivity contribution is -0.140. The van der Waals surface area contributed by atoms with Crippen LogP contribution in [0.25, 0.3) is 0 Å². The number of carbonyl (C=O) groups excluding carboxylic acids is 2. The second-order valence-corrected chi connectivity index (χ2v) is 9.78. The predicted octanol–water partition coefficient (Wildman–Crippen LogP) is 5.17. The SMILES string of the molecule is COc1ccc([C@H](C(=O)NC2CCCC2)N(CCc2ccccc2)C(=O)Cc2cccs2)cc1. The summed E-state index contributed by atoms with van der Waals surface area (Å²) in [4.78, 5) is 30.1. The fraction of sp³-hybridized carbons (Fsp3) is 0.357. The summed E-state index contributed by atoms with van der Waals surface area (Å²) < 4.78 is 5.32. The van der Waals surface area contributed by atoms with Gasteiger partial charge < -0.3 is 15.0 Å². The van der Waals surface area contributed by atoms with Gasteiger partial charge in [-0.15, -0.1) is 11.3 Å². The Morgan fingerprint density at radius 3 is 2.41 bits per heavy atom. The molecule has 1 aliphatic carbocycles. The minimum atomic E-state index is -0.692. The monoisotopic (exact) mass is 476 g/mol. The van der Waals surface area contributed by atoms with E-state index in [1.54, 1.807) is 23.3 Å². The molecule has 2 amide bonds. The second kappa shape index (κ2) is 11.8. The molecule has 1 aliphatic rings. The number of hydrogen-bond acceptors (Lipinski definition) is 4. The number of nitrogens with one attached hydrogen (secondary N) is 1. The third-order valence-electron chi connectivity index (χ3n) is 6.40. The molecule has 0 aliphatic heterocycles. The maximum absolute atomic E-state index is 13.7. The van der Waals surface area contributed by atoms with E-state index < -0.39 is 6.04 Å². The van der Waals surface area contributed by atoms with E-state index in [9.17, 15) is 9.59 Å². The minimum absolute atomic E-state index is 0.0410. The van der Waals surface area contributed by atoms with Crippen LogP contribution in [0.1, 0.15) is 47.7 Å². The van der Waals surface area contributed by atoms with Crippen LogP contribution in [0, 0.1) is 0 Å². The van der Waals surface area contributed by atoms with Crippen molar-refractivity contribution in [2.45, 2.75) is 50.6 Å². The highest BCUT2D eigenvalue weighted by molar-refractivity contribution is 7.10. The van der Waals surface area contributed by atoms with Crippen molar-refractivity contribution >= 4 is 23.2 Å². The number of rotatable bonds is 10. The van der Waals surface area contributed by atoms with Crippen molar-refractivity contribution in [3.8, 4) is 5.75 Å². The van der Waals surface area contributed by atoms with Gasteiger partial charge in [-0.3, -0.25) is 9.59 Å². The molecule has 3 aromatic rings. The molecule has 1 atom stereocenters. The molecule has 34 heavy (non-hydrogen) atoms. The third-order valence-corrected chi connectivity index (χ3v) is 7.28. The summed E-state index contributed by atoms with van der Waals surface area (Å²) in [6, 6.07) is 21.0. The number of methoxy groups -OCH3 is 1. The Morgan fingerprint density at radius 2 is 1.76 bits per heavy atom. The van der Waals surface area contributed by atoms with Gasteiger partial charge in [-0.1, -0.05) is 61.4 Å². The summed E-state index contributed by atoms with van der Waals surface area (Å²) >= 11 is 1.57. The molecule has 1 fully saturated rings. The standard InChI is InChI=1S/C28H32N2O3S/c1-33-24-15-13-22(14-16-24)27(28(32)29-23-10-5-6-11-23)30(18-17-21-8-3-2-4-9-21)26(31)20-25-12-7-19-34-25/h2-4,7-9,12-16,19,23,27H,5-6,10-11,17-18,20H2,1H3,(H,29,32)/t27-/m1/s1. The van der Waals surface area contributed by atoms with Crippen molar-refractivity contribution in [2.24, 2.45) is 0 Å². The lowest BCUT2D eigenvalue weighted by atomic mass is 10.0. The van der Waals surface area contributed by atoms with E-state index in [0.29, 0.717) is 13.0 Å². The van der Waals surface area contributed by atoms with Gasteiger partial charge in [0.25, 0.3) is 0 Å². The van der Waals surface area contributed by atoms with Crippen molar-refractivity contribution in [3.63, 3.8) is 0 Å². The smallest absolute Gasteiger partial charge is 0.247 e. The molecule has 0 bridgehead atoms. The van der Waals surface area contributed by atoms with Gasteiger partial charge in [-0.25, -0.2) is 0 Å². The molecule has 2 aromatic carbocycles. The normalized spacial score (nSPS) is 14.5. The lowest BCUT2D eigenvalue weighted by Crippen LogP contribution is -2.47. The molecule has 4 rings (SSSR count). The van der Waals surface area contributed by atoms with Crippen LogP contribution >= 0.6 is 11.3 Å². The first-order chi connectivity index (χ1) is 16.6. The van der Waals surface area contributed by atoms with E-state index in [0.717, 1.165) is 47.4 Å². The first-order valence-electron chi connectivity index (χ1n) is 11.9. The molecule has 6 heteroatoms. The Balaban J connectivity index is 1.64. The van der Waals surface area contributed by atoms with Crippen LogP contribution in [0.5, 0.6) is 5.75 Å². The first-order valence-corrected chi connectivity index (χ1v) is 12.8. The number of ether oxygens (including phenoxy) is 1. The number of thiophene rings is 1. The molecule has 1 N–H and O–H groups in total. The predicted molar refractivity (Wildman–Crippen MR) is 136 cm³/mol. The van der Waals surface area contributed by atoms with Crippen LogP contribution < -0.4 is 10.1 Å². The number of carbonyl (C=O) groups is 2. The van der Waals surface area contributed by atoms with Gasteiger partial charge in [-0.2, -0.15) is 0 Å².